The molecule has 0 unspecified atom stereocenters. The summed E-state index contributed by atoms with van der Waals surface area (Å²) in [6, 6.07) is 5.82. The molecule has 1 aliphatic carbocycles. The average molecular weight is 341 g/mol. The molecule has 0 saturated carbocycles. The number of carboxylic acids is 2. The number of carboxylic acid groups (broad SMARTS) is 2. The number of rotatable bonds is 4. The molecule has 22 heavy (non-hydrogen) atoms. The van der Waals surface area contributed by atoms with E-state index < -0.39 is 16.3 Å². The van der Waals surface area contributed by atoms with Gasteiger partial charge in [-0.2, -0.15) is 10.2 Å². The third kappa shape index (κ3) is 3.72. The van der Waals surface area contributed by atoms with Gasteiger partial charge in [-0.1, -0.05) is 23.2 Å². The summed E-state index contributed by atoms with van der Waals surface area (Å²) < 4.78 is -1.57. The first-order valence-electron chi connectivity index (χ1n) is 6.07. The summed E-state index contributed by atoms with van der Waals surface area (Å²) in [7, 11) is 0. The predicted molar refractivity (Wildman–Crippen MR) is 80.8 cm³/mol. The van der Waals surface area contributed by atoms with Crippen LogP contribution in [0.1, 0.15) is 16.8 Å². The quantitative estimate of drug-likeness (QED) is 0.640. The minimum Gasteiger partial charge on any atom is -0.478 e. The zero-order valence-corrected chi connectivity index (χ0v) is 12.5. The minimum absolute atomic E-state index is 0.00491. The molecule has 2 rings (SSSR count). The maximum atomic E-state index is 11.0. The Morgan fingerprint density at radius 2 is 1.64 bits per heavy atom. The maximum Gasteiger partial charge on any atom is 0.335 e. The highest BCUT2D eigenvalue weighted by Gasteiger charge is 2.36. The van der Waals surface area contributed by atoms with Gasteiger partial charge < -0.3 is 10.2 Å². The van der Waals surface area contributed by atoms with Gasteiger partial charge in [0, 0.05) is 6.42 Å². The van der Waals surface area contributed by atoms with Gasteiger partial charge in [0.05, 0.1) is 22.5 Å². The van der Waals surface area contributed by atoms with E-state index in [0.29, 0.717) is 11.4 Å². The second-order valence-electron chi connectivity index (χ2n) is 4.48. The number of azo groups is 1. The fourth-order valence-electron chi connectivity index (χ4n) is 1.77. The highest BCUT2D eigenvalue weighted by molar-refractivity contribution is 6.52. The molecule has 8 heteroatoms. The Labute approximate surface area is 135 Å². The number of benzene rings is 1. The first-order chi connectivity index (χ1) is 10.3. The van der Waals surface area contributed by atoms with Crippen LogP contribution in [0.4, 0.5) is 5.69 Å². The highest BCUT2D eigenvalue weighted by atomic mass is 35.5. The van der Waals surface area contributed by atoms with Crippen LogP contribution in [0.15, 0.2) is 57.9 Å². The molecule has 0 fully saturated rings. The number of aliphatic carboxylic acids is 1. The van der Waals surface area contributed by atoms with Gasteiger partial charge in [0.2, 0.25) is 0 Å². The molecule has 6 nitrogen and oxygen atoms in total. The van der Waals surface area contributed by atoms with Crippen LogP contribution in [-0.4, -0.2) is 26.5 Å². The Balaban J connectivity index is 2.17. The second-order valence-corrected chi connectivity index (χ2v) is 5.96. The molecule has 0 saturated heterocycles. The highest BCUT2D eigenvalue weighted by Crippen LogP contribution is 2.40. The number of allylic oxidation sites excluding steroid dienone is 3. The third-order valence-electron chi connectivity index (χ3n) is 2.88. The van der Waals surface area contributed by atoms with Crippen LogP contribution < -0.4 is 0 Å². The summed E-state index contributed by atoms with van der Waals surface area (Å²) in [6.07, 6.45) is 2.76. The summed E-state index contributed by atoms with van der Waals surface area (Å²) >= 11 is 11.9. The van der Waals surface area contributed by atoms with E-state index in [1.807, 2.05) is 0 Å². The van der Waals surface area contributed by atoms with Crippen LogP contribution in [0.3, 0.4) is 0 Å². The Bertz CT molecular complexity index is 706. The molecule has 2 N–H and O–H groups in total. The molecule has 0 radical (unpaired) electrons. The zero-order valence-electron chi connectivity index (χ0n) is 11.0. The molecule has 1 aliphatic rings. The summed E-state index contributed by atoms with van der Waals surface area (Å²) in [5, 5.41) is 25.6. The first kappa shape index (κ1) is 16.2. The van der Waals surface area contributed by atoms with E-state index in [1.165, 1.54) is 36.4 Å². The van der Waals surface area contributed by atoms with Crippen LogP contribution in [0.2, 0.25) is 0 Å². The van der Waals surface area contributed by atoms with E-state index in [0.717, 1.165) is 0 Å². The maximum absolute atomic E-state index is 11.0. The monoisotopic (exact) mass is 340 g/mol. The third-order valence-corrected chi connectivity index (χ3v) is 3.55. The van der Waals surface area contributed by atoms with Gasteiger partial charge in [-0.15, -0.1) is 0 Å². The lowest BCUT2D eigenvalue weighted by Gasteiger charge is -2.22. The SMILES string of the molecule is O=C(O)C1=CC=C(N=Nc2ccc(C(=O)O)cc2)CC1(Cl)Cl. The van der Waals surface area contributed by atoms with Crippen LogP contribution in [0.5, 0.6) is 0 Å². The summed E-state index contributed by atoms with van der Waals surface area (Å²) in [5.74, 6) is -2.22. The first-order valence-corrected chi connectivity index (χ1v) is 6.83. The van der Waals surface area contributed by atoms with E-state index >= 15 is 0 Å². The average Bonchev–Trinajstić information content (AvgIpc) is 2.44. The Morgan fingerprint density at radius 3 is 2.14 bits per heavy atom. The smallest absolute Gasteiger partial charge is 0.335 e. The zero-order chi connectivity index (χ0) is 16.3. The van der Waals surface area contributed by atoms with Crippen molar-refractivity contribution in [2.24, 2.45) is 10.2 Å². The van der Waals surface area contributed by atoms with Gasteiger partial charge in [0.1, 0.15) is 0 Å². The van der Waals surface area contributed by atoms with E-state index in [1.54, 1.807) is 0 Å². The van der Waals surface area contributed by atoms with Crippen molar-refractivity contribution in [1.82, 2.24) is 0 Å². The molecule has 0 amide bonds. The van der Waals surface area contributed by atoms with Crippen LogP contribution in [-0.2, 0) is 4.79 Å². The molecule has 0 atom stereocenters. The lowest BCUT2D eigenvalue weighted by atomic mass is 10.0. The number of alkyl halides is 2. The molecule has 0 heterocycles. The molecule has 1 aromatic carbocycles. The standard InChI is InChI=1S/C14H10Cl2N2O4/c15-14(16)7-10(5-6-11(14)13(21)22)18-17-9-3-1-8(2-4-9)12(19)20/h1-6H,7H2,(H,19,20)(H,21,22). The van der Waals surface area contributed by atoms with E-state index in [2.05, 4.69) is 10.2 Å². The Kier molecular flexibility index (Phi) is 4.63. The molecule has 0 spiro atoms. The van der Waals surface area contributed by atoms with Gasteiger partial charge in [-0.05, 0) is 36.4 Å². The molecular formula is C14H10Cl2N2O4. The van der Waals surface area contributed by atoms with Crippen molar-refractivity contribution in [2.75, 3.05) is 0 Å². The van der Waals surface area contributed by atoms with Crippen molar-refractivity contribution in [2.45, 2.75) is 10.8 Å². The second kappa shape index (κ2) is 6.29. The van der Waals surface area contributed by atoms with Crippen molar-refractivity contribution < 1.29 is 19.8 Å². The molecule has 0 bridgehead atoms. The Hall–Kier alpha value is -2.18. The topological polar surface area (TPSA) is 99.3 Å². The van der Waals surface area contributed by atoms with Crippen LogP contribution in [0.25, 0.3) is 0 Å². The summed E-state index contributed by atoms with van der Waals surface area (Å²) in [4.78, 5) is 21.7. The molecule has 1 aromatic rings. The van der Waals surface area contributed by atoms with Gasteiger partial charge >= 0.3 is 11.9 Å². The van der Waals surface area contributed by atoms with Crippen LogP contribution >= 0.6 is 23.2 Å². The fraction of sp³-hybridized carbons (Fsp3) is 0.143. The van der Waals surface area contributed by atoms with Crippen molar-refractivity contribution >= 4 is 40.8 Å². The van der Waals surface area contributed by atoms with E-state index in [-0.39, 0.29) is 17.6 Å². The summed E-state index contributed by atoms with van der Waals surface area (Å²) in [5.41, 5.74) is 0.886. The predicted octanol–water partition coefficient (Wildman–Crippen LogP) is 3.94. The molecule has 0 aromatic heterocycles. The normalized spacial score (nSPS) is 17.0. The fourth-order valence-corrected chi connectivity index (χ4v) is 2.33. The van der Waals surface area contributed by atoms with Gasteiger partial charge in [0.15, 0.2) is 4.33 Å². The van der Waals surface area contributed by atoms with Crippen molar-refractivity contribution in [3.05, 3.63) is 53.3 Å². The van der Waals surface area contributed by atoms with Gasteiger partial charge in [-0.3, -0.25) is 0 Å². The Morgan fingerprint density at radius 1 is 1.00 bits per heavy atom. The van der Waals surface area contributed by atoms with Gasteiger partial charge in [-0.25, -0.2) is 9.59 Å². The van der Waals surface area contributed by atoms with Gasteiger partial charge in [0.25, 0.3) is 0 Å². The molecule has 0 aliphatic heterocycles. The summed E-state index contributed by atoms with van der Waals surface area (Å²) in [6.45, 7) is 0. The number of carbonyl (C=O) groups is 2. The molecule has 114 valence electrons. The van der Waals surface area contributed by atoms with Crippen molar-refractivity contribution in [3.63, 3.8) is 0 Å². The van der Waals surface area contributed by atoms with Crippen molar-refractivity contribution in [3.8, 4) is 0 Å². The number of halogens is 2. The van der Waals surface area contributed by atoms with Crippen LogP contribution in [0, 0.1) is 0 Å². The number of nitrogens with zero attached hydrogens (tertiary/aromatic N) is 2. The largest absolute Gasteiger partial charge is 0.478 e. The van der Waals surface area contributed by atoms with E-state index in [9.17, 15) is 9.59 Å². The lowest BCUT2D eigenvalue weighted by molar-refractivity contribution is -0.132. The molecular weight excluding hydrogens is 331 g/mol. The number of hydrogen-bond donors (Lipinski definition) is 2. The lowest BCUT2D eigenvalue weighted by Crippen LogP contribution is -2.25. The number of aromatic carboxylic acids is 1. The minimum atomic E-state index is -1.57. The van der Waals surface area contributed by atoms with E-state index in [4.69, 9.17) is 33.4 Å². The number of hydrogen-bond acceptors (Lipinski definition) is 4. The van der Waals surface area contributed by atoms with Crippen molar-refractivity contribution in [1.29, 1.82) is 0 Å².